The van der Waals surface area contributed by atoms with E-state index >= 15 is 0 Å². The number of amides is 1. The van der Waals surface area contributed by atoms with Crippen molar-refractivity contribution in [1.82, 2.24) is 24.0 Å². The number of carbonyl (C=O) groups is 1. The summed E-state index contributed by atoms with van der Waals surface area (Å²) in [4.78, 5) is 41.0. The van der Waals surface area contributed by atoms with Gasteiger partial charge in [-0.15, -0.1) is 0 Å². The number of rotatable bonds is 8. The topological polar surface area (TPSA) is 100 Å². The molecule has 2 heterocycles. The molecule has 9 nitrogen and oxygen atoms in total. The van der Waals surface area contributed by atoms with Gasteiger partial charge in [0.15, 0.2) is 11.2 Å². The Hall–Kier alpha value is -4.14. The summed E-state index contributed by atoms with van der Waals surface area (Å²) in [5.74, 6) is 1.37. The van der Waals surface area contributed by atoms with Crippen LogP contribution in [0.25, 0.3) is 11.2 Å². The number of aryl methyl sites for hydroxylation is 2. The van der Waals surface area contributed by atoms with Gasteiger partial charge in [0.1, 0.15) is 11.5 Å². The minimum absolute atomic E-state index is 0.0888. The Labute approximate surface area is 189 Å². The standard InChI is InChI=1S/C24H25N5O4/c1-27-22-21(23(31)28(2)24(27)32)29(16-26-22)13-7-12-20(30)25-15-17-8-6-11-19(14-17)33-18-9-4-3-5-10-18/h3-6,8-11,14,16H,7,12-13,15H2,1-2H3,(H,25,30). The molecule has 0 saturated carbocycles. The number of hydrogen-bond acceptors (Lipinski definition) is 5. The molecule has 0 aliphatic heterocycles. The molecule has 0 aliphatic carbocycles. The summed E-state index contributed by atoms with van der Waals surface area (Å²) in [5.41, 5.74) is 0.810. The van der Waals surface area contributed by atoms with Crippen molar-refractivity contribution in [3.8, 4) is 11.5 Å². The fourth-order valence-electron chi connectivity index (χ4n) is 3.61. The first kappa shape index (κ1) is 22.1. The van der Waals surface area contributed by atoms with Crippen LogP contribution in [0.3, 0.4) is 0 Å². The second kappa shape index (κ2) is 9.56. The summed E-state index contributed by atoms with van der Waals surface area (Å²) in [6, 6.07) is 17.1. The Kier molecular flexibility index (Phi) is 6.39. The second-order valence-corrected chi connectivity index (χ2v) is 7.76. The lowest BCUT2D eigenvalue weighted by Crippen LogP contribution is -2.37. The van der Waals surface area contributed by atoms with Gasteiger partial charge in [-0.3, -0.25) is 18.7 Å². The van der Waals surface area contributed by atoms with Crippen LogP contribution >= 0.6 is 0 Å². The smallest absolute Gasteiger partial charge is 0.332 e. The lowest BCUT2D eigenvalue weighted by atomic mass is 10.2. The Morgan fingerprint density at radius 2 is 1.76 bits per heavy atom. The highest BCUT2D eigenvalue weighted by Crippen LogP contribution is 2.21. The fourth-order valence-corrected chi connectivity index (χ4v) is 3.61. The number of ether oxygens (including phenoxy) is 1. The van der Waals surface area contributed by atoms with Crippen LogP contribution in [0.15, 0.2) is 70.5 Å². The summed E-state index contributed by atoms with van der Waals surface area (Å²) in [6.45, 7) is 0.833. The zero-order valence-electron chi connectivity index (χ0n) is 18.5. The minimum Gasteiger partial charge on any atom is -0.457 e. The van der Waals surface area contributed by atoms with Crippen LogP contribution in [-0.2, 0) is 32.0 Å². The Balaban J connectivity index is 1.32. The number of para-hydroxylation sites is 1. The molecule has 170 valence electrons. The van der Waals surface area contributed by atoms with Crippen LogP contribution in [0.5, 0.6) is 11.5 Å². The molecule has 0 atom stereocenters. The minimum atomic E-state index is -0.421. The SMILES string of the molecule is Cn1c(=O)c2c(ncn2CCCC(=O)NCc2cccc(Oc3ccccc3)c2)n(C)c1=O. The fraction of sp³-hybridized carbons (Fsp3) is 0.250. The maximum absolute atomic E-state index is 12.5. The van der Waals surface area contributed by atoms with E-state index in [1.54, 1.807) is 11.6 Å². The number of benzene rings is 2. The maximum Gasteiger partial charge on any atom is 0.332 e. The summed E-state index contributed by atoms with van der Waals surface area (Å²) in [6.07, 6.45) is 2.36. The number of aromatic nitrogens is 4. The van der Waals surface area contributed by atoms with Crippen molar-refractivity contribution < 1.29 is 9.53 Å². The molecule has 0 radical (unpaired) electrons. The summed E-state index contributed by atoms with van der Waals surface area (Å²) in [7, 11) is 3.02. The quantitative estimate of drug-likeness (QED) is 0.447. The predicted molar refractivity (Wildman–Crippen MR) is 124 cm³/mol. The first-order chi connectivity index (χ1) is 15.9. The molecular weight excluding hydrogens is 422 g/mol. The van der Waals surface area contributed by atoms with Gasteiger partial charge in [-0.05, 0) is 36.2 Å². The Bertz CT molecular complexity index is 1400. The highest BCUT2D eigenvalue weighted by atomic mass is 16.5. The first-order valence-electron chi connectivity index (χ1n) is 10.6. The van der Waals surface area contributed by atoms with Crippen LogP contribution in [0, 0.1) is 0 Å². The molecule has 0 saturated heterocycles. The van der Waals surface area contributed by atoms with Gasteiger partial charge >= 0.3 is 5.69 Å². The van der Waals surface area contributed by atoms with E-state index in [2.05, 4.69) is 10.3 Å². The summed E-state index contributed by atoms with van der Waals surface area (Å²) < 4.78 is 9.92. The highest BCUT2D eigenvalue weighted by molar-refractivity contribution is 5.76. The number of carbonyl (C=O) groups excluding carboxylic acids is 1. The van der Waals surface area contributed by atoms with Crippen molar-refractivity contribution in [3.05, 3.63) is 87.3 Å². The van der Waals surface area contributed by atoms with Gasteiger partial charge < -0.3 is 14.6 Å². The van der Waals surface area contributed by atoms with E-state index in [4.69, 9.17) is 4.74 Å². The third-order valence-corrected chi connectivity index (χ3v) is 5.39. The molecule has 1 amide bonds. The van der Waals surface area contributed by atoms with E-state index < -0.39 is 11.2 Å². The Morgan fingerprint density at radius 3 is 2.55 bits per heavy atom. The average Bonchev–Trinajstić information content (AvgIpc) is 3.25. The van der Waals surface area contributed by atoms with Crippen LogP contribution < -0.4 is 21.3 Å². The zero-order chi connectivity index (χ0) is 23.4. The van der Waals surface area contributed by atoms with E-state index in [-0.39, 0.29) is 5.91 Å². The van der Waals surface area contributed by atoms with Crippen LogP contribution in [0.1, 0.15) is 18.4 Å². The van der Waals surface area contributed by atoms with Gasteiger partial charge in [0.05, 0.1) is 6.33 Å². The molecule has 0 aliphatic rings. The molecule has 33 heavy (non-hydrogen) atoms. The van der Waals surface area contributed by atoms with Crippen molar-refractivity contribution in [2.24, 2.45) is 14.1 Å². The molecule has 4 aromatic rings. The molecule has 9 heteroatoms. The van der Waals surface area contributed by atoms with Crippen LogP contribution in [0.2, 0.25) is 0 Å². The highest BCUT2D eigenvalue weighted by Gasteiger charge is 2.14. The van der Waals surface area contributed by atoms with Gasteiger partial charge in [-0.25, -0.2) is 9.78 Å². The molecule has 1 N–H and O–H groups in total. The van der Waals surface area contributed by atoms with E-state index in [0.717, 1.165) is 15.9 Å². The predicted octanol–water partition coefficient (Wildman–Crippen LogP) is 2.32. The van der Waals surface area contributed by atoms with Gasteiger partial charge in [0.2, 0.25) is 5.91 Å². The van der Waals surface area contributed by atoms with Crippen molar-refractivity contribution >= 4 is 17.1 Å². The van der Waals surface area contributed by atoms with Crippen molar-refractivity contribution in [2.75, 3.05) is 0 Å². The van der Waals surface area contributed by atoms with E-state index in [1.165, 1.54) is 17.9 Å². The largest absolute Gasteiger partial charge is 0.457 e. The lowest BCUT2D eigenvalue weighted by Gasteiger charge is -2.09. The van der Waals surface area contributed by atoms with E-state index in [0.29, 0.717) is 42.8 Å². The number of nitrogens with one attached hydrogen (secondary N) is 1. The summed E-state index contributed by atoms with van der Waals surface area (Å²) in [5, 5.41) is 2.91. The molecule has 4 rings (SSSR count). The van der Waals surface area contributed by atoms with Gasteiger partial charge in [0.25, 0.3) is 5.56 Å². The molecule has 0 spiro atoms. The van der Waals surface area contributed by atoms with Crippen molar-refractivity contribution in [1.29, 1.82) is 0 Å². The number of hydrogen-bond donors (Lipinski definition) is 1. The third kappa shape index (κ3) is 4.87. The zero-order valence-corrected chi connectivity index (χ0v) is 18.5. The summed E-state index contributed by atoms with van der Waals surface area (Å²) >= 11 is 0. The van der Waals surface area contributed by atoms with E-state index in [1.807, 2.05) is 54.6 Å². The van der Waals surface area contributed by atoms with Gasteiger partial charge in [-0.2, -0.15) is 0 Å². The maximum atomic E-state index is 12.5. The molecule has 2 aromatic heterocycles. The van der Waals surface area contributed by atoms with E-state index in [9.17, 15) is 14.4 Å². The molecule has 0 bridgehead atoms. The number of fused-ring (bicyclic) bond motifs is 1. The molecule has 2 aromatic carbocycles. The molecular formula is C24H25N5O4. The first-order valence-corrected chi connectivity index (χ1v) is 10.6. The number of nitrogens with zero attached hydrogens (tertiary/aromatic N) is 4. The van der Waals surface area contributed by atoms with Crippen LogP contribution in [-0.4, -0.2) is 24.6 Å². The average molecular weight is 447 g/mol. The van der Waals surface area contributed by atoms with Crippen LogP contribution in [0.4, 0.5) is 0 Å². The molecule has 0 unspecified atom stereocenters. The second-order valence-electron chi connectivity index (χ2n) is 7.76. The lowest BCUT2D eigenvalue weighted by molar-refractivity contribution is -0.121. The monoisotopic (exact) mass is 447 g/mol. The number of imidazole rings is 1. The van der Waals surface area contributed by atoms with Crippen molar-refractivity contribution in [2.45, 2.75) is 25.9 Å². The molecule has 0 fully saturated rings. The third-order valence-electron chi connectivity index (χ3n) is 5.39. The Morgan fingerprint density at radius 1 is 1.00 bits per heavy atom. The van der Waals surface area contributed by atoms with Gasteiger partial charge in [-0.1, -0.05) is 30.3 Å². The normalized spacial score (nSPS) is 11.0. The van der Waals surface area contributed by atoms with Crippen molar-refractivity contribution in [3.63, 3.8) is 0 Å². The van der Waals surface area contributed by atoms with Gasteiger partial charge in [0, 0.05) is 33.6 Å².